The van der Waals surface area contributed by atoms with Crippen LogP contribution >= 0.6 is 11.5 Å². The number of carbonyl (C=O) groups is 1. The number of carbonyl (C=O) groups excluding carboxylic acids is 1. The van der Waals surface area contributed by atoms with Crippen LogP contribution in [0.2, 0.25) is 0 Å². The highest BCUT2D eigenvalue weighted by molar-refractivity contribution is 7.92. The van der Waals surface area contributed by atoms with E-state index in [0.29, 0.717) is 22.2 Å². The van der Waals surface area contributed by atoms with Crippen molar-refractivity contribution in [2.24, 2.45) is 0 Å². The predicted molar refractivity (Wildman–Crippen MR) is 122 cm³/mol. The summed E-state index contributed by atoms with van der Waals surface area (Å²) in [7, 11) is -2.25. The number of nitrogens with one attached hydrogen (secondary N) is 1. The monoisotopic (exact) mass is 450 g/mol. The van der Waals surface area contributed by atoms with E-state index in [9.17, 15) is 13.2 Å². The van der Waals surface area contributed by atoms with Crippen LogP contribution in [0.4, 0.5) is 10.8 Å². The molecule has 156 valence electrons. The second kappa shape index (κ2) is 8.66. The summed E-state index contributed by atoms with van der Waals surface area (Å²) in [6.07, 6.45) is 0. The molecule has 0 atom stereocenters. The van der Waals surface area contributed by atoms with Gasteiger partial charge in [0.05, 0.1) is 10.6 Å². The van der Waals surface area contributed by atoms with Crippen molar-refractivity contribution in [2.75, 3.05) is 16.7 Å². The first kappa shape index (κ1) is 20.7. The van der Waals surface area contributed by atoms with Crippen molar-refractivity contribution in [2.45, 2.75) is 4.90 Å². The summed E-state index contributed by atoms with van der Waals surface area (Å²) in [5, 5.41) is 3.07. The minimum atomic E-state index is -3.74. The average Bonchev–Trinajstić information content (AvgIpc) is 3.28. The molecule has 0 aliphatic rings. The minimum Gasteiger partial charge on any atom is -0.297 e. The van der Waals surface area contributed by atoms with Crippen LogP contribution in [0, 0.1) is 0 Å². The molecule has 1 N–H and O–H groups in total. The van der Waals surface area contributed by atoms with Crippen molar-refractivity contribution in [3.63, 3.8) is 0 Å². The van der Waals surface area contributed by atoms with Crippen molar-refractivity contribution in [3.8, 4) is 11.4 Å². The Morgan fingerprint density at radius 1 is 0.903 bits per heavy atom. The normalized spacial score (nSPS) is 11.1. The number of aromatic nitrogens is 2. The third kappa shape index (κ3) is 4.47. The number of amides is 1. The highest BCUT2D eigenvalue weighted by Gasteiger charge is 2.21. The molecule has 9 heteroatoms. The van der Waals surface area contributed by atoms with Gasteiger partial charge in [0.15, 0.2) is 5.82 Å². The number of nitrogens with zero attached hydrogens (tertiary/aromatic N) is 3. The summed E-state index contributed by atoms with van der Waals surface area (Å²) < 4.78 is 31.2. The van der Waals surface area contributed by atoms with Crippen LogP contribution in [0.1, 0.15) is 10.4 Å². The van der Waals surface area contributed by atoms with Gasteiger partial charge in [-0.1, -0.05) is 48.5 Å². The molecule has 1 aromatic heterocycles. The lowest BCUT2D eigenvalue weighted by Gasteiger charge is -2.19. The van der Waals surface area contributed by atoms with Crippen LogP contribution in [0.15, 0.2) is 89.8 Å². The first-order chi connectivity index (χ1) is 14.9. The molecule has 0 radical (unpaired) electrons. The number of hydrogen-bond acceptors (Lipinski definition) is 6. The Kier molecular flexibility index (Phi) is 5.79. The Bertz CT molecular complexity index is 1290. The zero-order valence-corrected chi connectivity index (χ0v) is 18.1. The zero-order chi connectivity index (χ0) is 21.8. The van der Waals surface area contributed by atoms with Gasteiger partial charge in [0.2, 0.25) is 5.13 Å². The number of benzene rings is 3. The fraction of sp³-hybridized carbons (Fsp3) is 0.0455. The number of rotatable bonds is 6. The number of hydrogen-bond donors (Lipinski definition) is 1. The van der Waals surface area contributed by atoms with Gasteiger partial charge in [-0.15, -0.1) is 0 Å². The van der Waals surface area contributed by atoms with Gasteiger partial charge in [-0.05, 0) is 36.4 Å². The lowest BCUT2D eigenvalue weighted by atomic mass is 10.2. The van der Waals surface area contributed by atoms with E-state index < -0.39 is 15.9 Å². The standard InChI is InChI=1S/C22H18N4O3S2/c1-26(18-10-6-3-7-11-18)31(28,29)19-14-12-17(13-15-19)21(27)24-22-23-20(25-30-22)16-8-4-2-5-9-16/h2-15H,1H3,(H,23,24,25,27). The Balaban J connectivity index is 1.48. The van der Waals surface area contributed by atoms with Gasteiger partial charge in [0, 0.05) is 29.7 Å². The van der Waals surface area contributed by atoms with Gasteiger partial charge in [0.1, 0.15) is 0 Å². The van der Waals surface area contributed by atoms with Gasteiger partial charge in [-0.3, -0.25) is 14.4 Å². The van der Waals surface area contributed by atoms with Crippen LogP contribution in [0.3, 0.4) is 0 Å². The molecule has 0 bridgehead atoms. The SMILES string of the molecule is CN(c1ccccc1)S(=O)(=O)c1ccc(C(=O)Nc2nc(-c3ccccc3)ns2)cc1. The van der Waals surface area contributed by atoms with Crippen molar-refractivity contribution in [1.29, 1.82) is 0 Å². The third-order valence-corrected chi connectivity index (χ3v) is 7.00. The van der Waals surface area contributed by atoms with E-state index in [1.807, 2.05) is 36.4 Å². The number of para-hydroxylation sites is 1. The van der Waals surface area contributed by atoms with E-state index in [0.717, 1.165) is 17.1 Å². The maximum atomic E-state index is 12.9. The molecule has 0 saturated heterocycles. The summed E-state index contributed by atoms with van der Waals surface area (Å²) in [6.45, 7) is 0. The first-order valence-electron chi connectivity index (χ1n) is 9.30. The lowest BCUT2D eigenvalue weighted by molar-refractivity contribution is 0.102. The topological polar surface area (TPSA) is 92.3 Å². The van der Waals surface area contributed by atoms with Crippen LogP contribution < -0.4 is 9.62 Å². The van der Waals surface area contributed by atoms with Gasteiger partial charge >= 0.3 is 0 Å². The van der Waals surface area contributed by atoms with Crippen molar-refractivity contribution < 1.29 is 13.2 Å². The minimum absolute atomic E-state index is 0.0951. The van der Waals surface area contributed by atoms with E-state index in [2.05, 4.69) is 14.7 Å². The molecule has 0 aliphatic carbocycles. The second-order valence-corrected chi connectivity index (χ2v) is 9.30. The first-order valence-corrected chi connectivity index (χ1v) is 11.5. The van der Waals surface area contributed by atoms with Crippen LogP contribution in [-0.4, -0.2) is 30.7 Å². The number of anilines is 2. The molecule has 4 aromatic rings. The highest BCUT2D eigenvalue weighted by Crippen LogP contribution is 2.23. The Morgan fingerprint density at radius 2 is 1.52 bits per heavy atom. The summed E-state index contributed by atoms with van der Waals surface area (Å²) in [4.78, 5) is 17.0. The molecule has 1 amide bonds. The molecule has 3 aromatic carbocycles. The molecule has 31 heavy (non-hydrogen) atoms. The maximum absolute atomic E-state index is 12.9. The van der Waals surface area contributed by atoms with Gasteiger partial charge in [-0.2, -0.15) is 9.36 Å². The molecule has 0 saturated carbocycles. The van der Waals surface area contributed by atoms with Crippen LogP contribution in [0.25, 0.3) is 11.4 Å². The Hall–Kier alpha value is -3.56. The highest BCUT2D eigenvalue weighted by atomic mass is 32.2. The van der Waals surface area contributed by atoms with Gasteiger partial charge in [-0.25, -0.2) is 8.42 Å². The predicted octanol–water partition coefficient (Wildman–Crippen LogP) is 4.28. The summed E-state index contributed by atoms with van der Waals surface area (Å²) in [5.41, 5.74) is 1.73. The van der Waals surface area contributed by atoms with E-state index >= 15 is 0 Å². The van der Waals surface area contributed by atoms with Crippen molar-refractivity contribution in [3.05, 3.63) is 90.5 Å². The largest absolute Gasteiger partial charge is 0.297 e. The van der Waals surface area contributed by atoms with Crippen LogP contribution in [0.5, 0.6) is 0 Å². The Labute approximate surface area is 184 Å². The van der Waals surface area contributed by atoms with Gasteiger partial charge in [0.25, 0.3) is 15.9 Å². The molecule has 7 nitrogen and oxygen atoms in total. The van der Waals surface area contributed by atoms with E-state index in [4.69, 9.17) is 0 Å². The molecule has 0 spiro atoms. The maximum Gasteiger partial charge on any atom is 0.264 e. The molecular weight excluding hydrogens is 432 g/mol. The fourth-order valence-electron chi connectivity index (χ4n) is 2.86. The Morgan fingerprint density at radius 3 is 2.16 bits per heavy atom. The van der Waals surface area contributed by atoms with E-state index in [-0.39, 0.29) is 4.90 Å². The second-order valence-electron chi connectivity index (χ2n) is 6.58. The number of sulfonamides is 1. The van der Waals surface area contributed by atoms with E-state index in [1.165, 1.54) is 35.6 Å². The molecule has 4 rings (SSSR count). The summed E-state index contributed by atoms with van der Waals surface area (Å²) in [6, 6.07) is 24.0. The van der Waals surface area contributed by atoms with E-state index in [1.54, 1.807) is 24.3 Å². The molecule has 0 unspecified atom stereocenters. The van der Waals surface area contributed by atoms with Crippen molar-refractivity contribution >= 4 is 38.3 Å². The van der Waals surface area contributed by atoms with Crippen molar-refractivity contribution in [1.82, 2.24) is 9.36 Å². The molecule has 0 fully saturated rings. The fourth-order valence-corrected chi connectivity index (χ4v) is 4.64. The van der Waals surface area contributed by atoms with Gasteiger partial charge < -0.3 is 0 Å². The molecule has 1 heterocycles. The summed E-state index contributed by atoms with van der Waals surface area (Å²) in [5.74, 6) is 0.141. The third-order valence-electron chi connectivity index (χ3n) is 4.57. The van der Waals surface area contributed by atoms with Crippen LogP contribution in [-0.2, 0) is 10.0 Å². The molecular formula is C22H18N4O3S2. The quantitative estimate of drug-likeness (QED) is 0.473. The average molecular weight is 451 g/mol. The lowest BCUT2D eigenvalue weighted by Crippen LogP contribution is -2.26. The summed E-state index contributed by atoms with van der Waals surface area (Å²) >= 11 is 1.08. The molecule has 0 aliphatic heterocycles. The zero-order valence-electron chi connectivity index (χ0n) is 16.5. The smallest absolute Gasteiger partial charge is 0.264 e.